The zero-order chi connectivity index (χ0) is 17.8. The maximum Gasteiger partial charge on any atom is 0.255 e. The number of aryl methyl sites for hydroxylation is 1. The van der Waals surface area contributed by atoms with Crippen molar-refractivity contribution in [3.63, 3.8) is 0 Å². The van der Waals surface area contributed by atoms with Crippen molar-refractivity contribution in [1.29, 1.82) is 0 Å². The fourth-order valence-corrected chi connectivity index (χ4v) is 3.19. The number of benzene rings is 1. The molecule has 1 aliphatic rings. The number of hydrogen-bond donors (Lipinski definition) is 0. The van der Waals surface area contributed by atoms with Crippen molar-refractivity contribution in [2.75, 3.05) is 33.3 Å². The fraction of sp³-hybridized carbons (Fsp3) is 0.368. The summed E-state index contributed by atoms with van der Waals surface area (Å²) in [7, 11) is 1.67. The Balaban J connectivity index is 1.59. The molecule has 1 aromatic heterocycles. The molecular formula is C19H22ClN3O2. The Labute approximate surface area is 153 Å². The first kappa shape index (κ1) is 17.7. The summed E-state index contributed by atoms with van der Waals surface area (Å²) in [6.45, 7) is 5.72. The highest BCUT2D eigenvalue weighted by Crippen LogP contribution is 2.24. The van der Waals surface area contributed by atoms with Gasteiger partial charge in [0.15, 0.2) is 0 Å². The van der Waals surface area contributed by atoms with Crippen LogP contribution in [0.1, 0.15) is 21.6 Å². The van der Waals surface area contributed by atoms with Crippen molar-refractivity contribution in [3.05, 3.63) is 58.4 Å². The molecule has 1 saturated heterocycles. The normalized spacial score (nSPS) is 15.2. The van der Waals surface area contributed by atoms with E-state index in [4.69, 9.17) is 16.3 Å². The lowest BCUT2D eigenvalue weighted by atomic mass is 10.1. The molecule has 0 N–H and O–H groups in total. The van der Waals surface area contributed by atoms with E-state index in [-0.39, 0.29) is 5.91 Å². The van der Waals surface area contributed by atoms with Crippen molar-refractivity contribution in [2.45, 2.75) is 13.5 Å². The average Bonchev–Trinajstić information content (AvgIpc) is 2.63. The number of carbonyl (C=O) groups excluding carboxylic acids is 1. The summed E-state index contributed by atoms with van der Waals surface area (Å²) in [4.78, 5) is 21.0. The smallest absolute Gasteiger partial charge is 0.255 e. The standard InChI is InChI=1S/C19H22ClN3O2/c1-14-3-4-15(12-21-14)19(24)23-9-7-22(8-10-23)13-16-11-17(20)5-6-18(16)25-2/h3-6,11-12H,7-10,13H2,1-2H3. The zero-order valence-electron chi connectivity index (χ0n) is 14.5. The van der Waals surface area contributed by atoms with Crippen LogP contribution >= 0.6 is 11.6 Å². The monoisotopic (exact) mass is 359 g/mol. The van der Waals surface area contributed by atoms with Gasteiger partial charge in [-0.2, -0.15) is 0 Å². The second-order valence-electron chi connectivity index (χ2n) is 6.21. The summed E-state index contributed by atoms with van der Waals surface area (Å²) in [6.07, 6.45) is 1.65. The Morgan fingerprint density at radius 2 is 1.96 bits per heavy atom. The summed E-state index contributed by atoms with van der Waals surface area (Å²) < 4.78 is 5.41. The molecule has 2 aromatic rings. The Morgan fingerprint density at radius 1 is 1.20 bits per heavy atom. The molecule has 0 bridgehead atoms. The number of hydrogen-bond acceptors (Lipinski definition) is 4. The molecule has 6 heteroatoms. The SMILES string of the molecule is COc1ccc(Cl)cc1CN1CCN(C(=O)c2ccc(C)nc2)CC1. The third kappa shape index (κ3) is 4.30. The van der Waals surface area contributed by atoms with Gasteiger partial charge in [0.2, 0.25) is 0 Å². The van der Waals surface area contributed by atoms with Crippen molar-refractivity contribution < 1.29 is 9.53 Å². The molecule has 0 atom stereocenters. The van der Waals surface area contributed by atoms with Crippen molar-refractivity contribution >= 4 is 17.5 Å². The quantitative estimate of drug-likeness (QED) is 0.841. The van der Waals surface area contributed by atoms with Crippen molar-refractivity contribution in [2.24, 2.45) is 0 Å². The summed E-state index contributed by atoms with van der Waals surface area (Å²) in [5.74, 6) is 0.890. The van der Waals surface area contributed by atoms with Crippen LogP contribution in [0, 0.1) is 6.92 Å². The molecule has 0 saturated carbocycles. The molecule has 1 aromatic carbocycles. The van der Waals surface area contributed by atoms with Gasteiger partial charge < -0.3 is 9.64 Å². The first-order chi connectivity index (χ1) is 12.1. The van der Waals surface area contributed by atoms with Crippen molar-refractivity contribution in [3.8, 4) is 5.75 Å². The van der Waals surface area contributed by atoms with Crippen LogP contribution < -0.4 is 4.74 Å². The predicted octanol–water partition coefficient (Wildman–Crippen LogP) is 3.01. The Kier molecular flexibility index (Phi) is 5.56. The Morgan fingerprint density at radius 3 is 2.60 bits per heavy atom. The maximum atomic E-state index is 12.6. The van der Waals surface area contributed by atoms with Crippen molar-refractivity contribution in [1.82, 2.24) is 14.8 Å². The fourth-order valence-electron chi connectivity index (χ4n) is 3.00. The van der Waals surface area contributed by atoms with Crippen LogP contribution in [-0.4, -0.2) is 54.0 Å². The second-order valence-corrected chi connectivity index (χ2v) is 6.65. The largest absolute Gasteiger partial charge is 0.496 e. The van der Waals surface area contributed by atoms with E-state index in [0.717, 1.165) is 36.6 Å². The highest BCUT2D eigenvalue weighted by Gasteiger charge is 2.23. The minimum absolute atomic E-state index is 0.0486. The van der Waals surface area contributed by atoms with Gasteiger partial charge in [-0.25, -0.2) is 0 Å². The molecule has 132 valence electrons. The third-order valence-electron chi connectivity index (χ3n) is 4.45. The molecule has 5 nitrogen and oxygen atoms in total. The van der Waals surface area contributed by atoms with E-state index >= 15 is 0 Å². The van der Waals surface area contributed by atoms with Gasteiger partial charge in [-0.1, -0.05) is 11.6 Å². The molecule has 0 radical (unpaired) electrons. The maximum absolute atomic E-state index is 12.6. The summed E-state index contributed by atoms with van der Waals surface area (Å²) in [6, 6.07) is 9.37. The summed E-state index contributed by atoms with van der Waals surface area (Å²) in [5.41, 5.74) is 2.63. The van der Waals surface area contributed by atoms with Gasteiger partial charge in [0, 0.05) is 55.2 Å². The first-order valence-electron chi connectivity index (χ1n) is 8.33. The van der Waals surface area contributed by atoms with Gasteiger partial charge in [0.05, 0.1) is 12.7 Å². The molecular weight excluding hydrogens is 338 g/mol. The number of pyridine rings is 1. The van der Waals surface area contributed by atoms with Crippen LogP contribution in [0.2, 0.25) is 5.02 Å². The number of nitrogens with zero attached hydrogens (tertiary/aromatic N) is 3. The van der Waals surface area contributed by atoms with E-state index < -0.39 is 0 Å². The number of ether oxygens (including phenoxy) is 1. The van der Waals surface area contributed by atoms with Gasteiger partial charge in [-0.05, 0) is 37.3 Å². The van der Waals surface area contributed by atoms with Crippen LogP contribution in [0.3, 0.4) is 0 Å². The summed E-state index contributed by atoms with van der Waals surface area (Å²) >= 11 is 6.10. The third-order valence-corrected chi connectivity index (χ3v) is 4.69. The van der Waals surface area contributed by atoms with Gasteiger partial charge in [-0.3, -0.25) is 14.7 Å². The van der Waals surface area contributed by atoms with E-state index in [9.17, 15) is 4.79 Å². The molecule has 3 rings (SSSR count). The lowest BCUT2D eigenvalue weighted by Crippen LogP contribution is -2.48. The van der Waals surface area contributed by atoms with Gasteiger partial charge in [-0.15, -0.1) is 0 Å². The molecule has 2 heterocycles. The minimum atomic E-state index is 0.0486. The average molecular weight is 360 g/mol. The van der Waals surface area contributed by atoms with E-state index in [2.05, 4.69) is 9.88 Å². The van der Waals surface area contributed by atoms with Crippen LogP contribution in [0.15, 0.2) is 36.5 Å². The topological polar surface area (TPSA) is 45.7 Å². The van der Waals surface area contributed by atoms with E-state index in [1.54, 1.807) is 13.3 Å². The zero-order valence-corrected chi connectivity index (χ0v) is 15.3. The number of amides is 1. The number of carbonyl (C=O) groups is 1. The highest BCUT2D eigenvalue weighted by atomic mass is 35.5. The molecule has 0 unspecified atom stereocenters. The number of methoxy groups -OCH3 is 1. The Bertz CT molecular complexity index is 741. The highest BCUT2D eigenvalue weighted by molar-refractivity contribution is 6.30. The van der Waals surface area contributed by atoms with Crippen LogP contribution in [0.25, 0.3) is 0 Å². The van der Waals surface area contributed by atoms with E-state index in [0.29, 0.717) is 23.7 Å². The van der Waals surface area contributed by atoms with Crippen LogP contribution in [0.5, 0.6) is 5.75 Å². The van der Waals surface area contributed by atoms with E-state index in [1.807, 2.05) is 42.2 Å². The number of piperazine rings is 1. The van der Waals surface area contributed by atoms with E-state index in [1.165, 1.54) is 0 Å². The predicted molar refractivity (Wildman–Crippen MR) is 98.2 cm³/mol. The molecule has 0 aliphatic carbocycles. The van der Waals surface area contributed by atoms with Gasteiger partial charge in [0.1, 0.15) is 5.75 Å². The lowest BCUT2D eigenvalue weighted by Gasteiger charge is -2.35. The second kappa shape index (κ2) is 7.85. The molecule has 1 fully saturated rings. The first-order valence-corrected chi connectivity index (χ1v) is 8.71. The minimum Gasteiger partial charge on any atom is -0.496 e. The molecule has 1 aliphatic heterocycles. The number of rotatable bonds is 4. The summed E-state index contributed by atoms with van der Waals surface area (Å²) in [5, 5.41) is 0.705. The van der Waals surface area contributed by atoms with Gasteiger partial charge >= 0.3 is 0 Å². The molecule has 25 heavy (non-hydrogen) atoms. The lowest BCUT2D eigenvalue weighted by molar-refractivity contribution is 0.0627. The number of aromatic nitrogens is 1. The number of halogens is 1. The van der Waals surface area contributed by atoms with Gasteiger partial charge in [0.25, 0.3) is 5.91 Å². The van der Waals surface area contributed by atoms with Crippen LogP contribution in [0.4, 0.5) is 0 Å². The molecule has 1 amide bonds. The Hall–Kier alpha value is -2.11. The molecule has 0 spiro atoms. The van der Waals surface area contributed by atoms with Crippen LogP contribution in [-0.2, 0) is 6.54 Å².